The van der Waals surface area contributed by atoms with Crippen LogP contribution in [-0.2, 0) is 0 Å². The maximum absolute atomic E-state index is 9.20. The van der Waals surface area contributed by atoms with Crippen LogP contribution in [0.5, 0.6) is 0 Å². The fourth-order valence-electron chi connectivity index (χ4n) is 2.21. The molecule has 0 aromatic heterocycles. The minimum atomic E-state index is -0.600. The van der Waals surface area contributed by atoms with Crippen LogP contribution in [0.15, 0.2) is 0 Å². The zero-order valence-corrected chi connectivity index (χ0v) is 9.08. The molecule has 1 fully saturated rings. The van der Waals surface area contributed by atoms with Gasteiger partial charge in [-0.05, 0) is 18.8 Å². The molecule has 1 saturated carbocycles. The highest BCUT2D eigenvalue weighted by Crippen LogP contribution is 2.26. The summed E-state index contributed by atoms with van der Waals surface area (Å²) in [5.74, 6) is 0.854. The van der Waals surface area contributed by atoms with Crippen molar-refractivity contribution < 1.29 is 10.2 Å². The van der Waals surface area contributed by atoms with Crippen LogP contribution in [0.3, 0.4) is 0 Å². The van der Waals surface area contributed by atoms with E-state index in [9.17, 15) is 5.11 Å². The van der Waals surface area contributed by atoms with Gasteiger partial charge in [0.05, 0.1) is 12.7 Å². The van der Waals surface area contributed by atoms with E-state index < -0.39 is 6.10 Å². The first-order chi connectivity index (χ1) is 6.76. The van der Waals surface area contributed by atoms with Gasteiger partial charge in [0.1, 0.15) is 0 Å². The van der Waals surface area contributed by atoms with Crippen molar-refractivity contribution >= 4 is 0 Å². The van der Waals surface area contributed by atoms with Gasteiger partial charge in [0.2, 0.25) is 0 Å². The molecule has 0 saturated heterocycles. The summed E-state index contributed by atoms with van der Waals surface area (Å²) in [5.41, 5.74) is 0. The van der Waals surface area contributed by atoms with E-state index in [0.29, 0.717) is 12.6 Å². The van der Waals surface area contributed by atoms with Crippen LogP contribution in [0.4, 0.5) is 0 Å². The Labute approximate surface area is 86.5 Å². The van der Waals surface area contributed by atoms with Gasteiger partial charge in [-0.25, -0.2) is 0 Å². The van der Waals surface area contributed by atoms with Crippen LogP contribution in [0.25, 0.3) is 0 Å². The molecule has 3 N–H and O–H groups in total. The topological polar surface area (TPSA) is 52.5 Å². The Balaban J connectivity index is 2.17. The predicted molar refractivity (Wildman–Crippen MR) is 57.1 cm³/mol. The largest absolute Gasteiger partial charge is 0.394 e. The Hall–Kier alpha value is -0.120. The van der Waals surface area contributed by atoms with E-state index in [4.69, 9.17) is 5.11 Å². The summed E-state index contributed by atoms with van der Waals surface area (Å²) in [5, 5.41) is 21.2. The second-order valence-electron chi connectivity index (χ2n) is 4.38. The van der Waals surface area contributed by atoms with Crippen LogP contribution in [0.1, 0.15) is 39.0 Å². The van der Waals surface area contributed by atoms with E-state index in [1.807, 2.05) is 0 Å². The number of nitrogens with one attached hydrogen (secondary N) is 1. The van der Waals surface area contributed by atoms with Gasteiger partial charge < -0.3 is 15.5 Å². The van der Waals surface area contributed by atoms with Gasteiger partial charge in [-0.2, -0.15) is 0 Å². The van der Waals surface area contributed by atoms with Gasteiger partial charge in [-0.15, -0.1) is 0 Å². The molecule has 1 aliphatic rings. The van der Waals surface area contributed by atoms with Crippen molar-refractivity contribution in [1.29, 1.82) is 0 Å². The molecule has 3 atom stereocenters. The maximum Gasteiger partial charge on any atom is 0.0895 e. The van der Waals surface area contributed by atoms with Gasteiger partial charge in [-0.1, -0.05) is 26.2 Å². The van der Waals surface area contributed by atoms with Crippen molar-refractivity contribution in [2.75, 3.05) is 13.2 Å². The zero-order chi connectivity index (χ0) is 10.4. The lowest BCUT2D eigenvalue weighted by molar-refractivity contribution is 0.0889. The molecular formula is C11H23NO2. The third kappa shape index (κ3) is 3.95. The summed E-state index contributed by atoms with van der Waals surface area (Å²) in [4.78, 5) is 0. The molecule has 14 heavy (non-hydrogen) atoms. The molecule has 1 aliphatic carbocycles. The first-order valence-electron chi connectivity index (χ1n) is 5.78. The summed E-state index contributed by atoms with van der Waals surface area (Å²) in [6, 6.07) is 0.551. The summed E-state index contributed by atoms with van der Waals surface area (Å²) in [6.45, 7) is 2.63. The van der Waals surface area contributed by atoms with Gasteiger partial charge in [0.15, 0.2) is 0 Å². The molecule has 84 valence electrons. The first kappa shape index (κ1) is 12.0. The van der Waals surface area contributed by atoms with Crippen molar-refractivity contribution in [3.05, 3.63) is 0 Å². The quantitative estimate of drug-likeness (QED) is 0.619. The molecule has 0 aromatic carbocycles. The second-order valence-corrected chi connectivity index (χ2v) is 4.38. The zero-order valence-electron chi connectivity index (χ0n) is 9.08. The molecule has 0 spiro atoms. The lowest BCUT2D eigenvalue weighted by Crippen LogP contribution is -2.39. The fourth-order valence-corrected chi connectivity index (χ4v) is 2.21. The molecule has 0 aliphatic heterocycles. The van der Waals surface area contributed by atoms with E-state index in [0.717, 1.165) is 5.92 Å². The molecule has 3 unspecified atom stereocenters. The highest BCUT2D eigenvalue weighted by Gasteiger charge is 2.20. The van der Waals surface area contributed by atoms with Crippen LogP contribution in [-0.4, -0.2) is 35.5 Å². The number of hydrogen-bond donors (Lipinski definition) is 3. The molecule has 1 rings (SSSR count). The van der Waals surface area contributed by atoms with Crippen molar-refractivity contribution in [3.63, 3.8) is 0 Å². The predicted octanol–water partition coefficient (Wildman–Crippen LogP) is 0.898. The number of aliphatic hydroxyl groups excluding tert-OH is 2. The van der Waals surface area contributed by atoms with Crippen LogP contribution >= 0.6 is 0 Å². The summed E-state index contributed by atoms with van der Waals surface area (Å²) >= 11 is 0. The van der Waals surface area contributed by atoms with Gasteiger partial charge in [0.25, 0.3) is 0 Å². The van der Waals surface area contributed by atoms with E-state index >= 15 is 0 Å². The molecule has 0 heterocycles. The minimum absolute atomic E-state index is 0.142. The normalized spacial score (nSPS) is 30.2. The van der Waals surface area contributed by atoms with Crippen LogP contribution < -0.4 is 5.32 Å². The Morgan fingerprint density at radius 3 is 2.86 bits per heavy atom. The highest BCUT2D eigenvalue weighted by molar-refractivity contribution is 4.78. The van der Waals surface area contributed by atoms with Crippen LogP contribution in [0.2, 0.25) is 0 Å². The van der Waals surface area contributed by atoms with Gasteiger partial charge >= 0.3 is 0 Å². The third-order valence-corrected chi connectivity index (χ3v) is 3.21. The average Bonchev–Trinajstić information content (AvgIpc) is 2.26. The first-order valence-corrected chi connectivity index (χ1v) is 5.78. The fraction of sp³-hybridized carbons (Fsp3) is 1.00. The smallest absolute Gasteiger partial charge is 0.0895 e. The standard InChI is InChI=1S/C11H23NO2/c1-2-9-4-3-5-10(6-9)12-7-11(14)8-13/h9-14H,2-8H2,1H3. The van der Waals surface area contributed by atoms with Crippen molar-refractivity contribution in [2.45, 2.75) is 51.2 Å². The SMILES string of the molecule is CCC1CCCC(NCC(O)CO)C1. The number of aliphatic hydroxyl groups is 2. The van der Waals surface area contributed by atoms with Crippen molar-refractivity contribution in [3.8, 4) is 0 Å². The minimum Gasteiger partial charge on any atom is -0.394 e. The Morgan fingerprint density at radius 2 is 2.21 bits per heavy atom. The molecular weight excluding hydrogens is 178 g/mol. The van der Waals surface area contributed by atoms with E-state index in [1.165, 1.54) is 32.1 Å². The highest BCUT2D eigenvalue weighted by atomic mass is 16.3. The third-order valence-electron chi connectivity index (χ3n) is 3.21. The second kappa shape index (κ2) is 6.38. The Kier molecular flexibility index (Phi) is 5.45. The molecule has 0 aromatic rings. The van der Waals surface area contributed by atoms with Gasteiger partial charge in [-0.3, -0.25) is 0 Å². The molecule has 0 bridgehead atoms. The van der Waals surface area contributed by atoms with Gasteiger partial charge in [0, 0.05) is 12.6 Å². The monoisotopic (exact) mass is 201 g/mol. The molecule has 3 nitrogen and oxygen atoms in total. The Morgan fingerprint density at radius 1 is 1.43 bits per heavy atom. The molecule has 3 heteroatoms. The van der Waals surface area contributed by atoms with Crippen molar-refractivity contribution in [1.82, 2.24) is 5.32 Å². The summed E-state index contributed by atoms with van der Waals surface area (Å²) in [7, 11) is 0. The van der Waals surface area contributed by atoms with Crippen LogP contribution in [0, 0.1) is 5.92 Å². The average molecular weight is 201 g/mol. The van der Waals surface area contributed by atoms with E-state index in [-0.39, 0.29) is 6.61 Å². The molecule has 0 radical (unpaired) electrons. The summed E-state index contributed by atoms with van der Waals surface area (Å²) in [6.07, 6.45) is 5.77. The molecule has 0 amide bonds. The van der Waals surface area contributed by atoms with E-state index in [1.54, 1.807) is 0 Å². The van der Waals surface area contributed by atoms with E-state index in [2.05, 4.69) is 12.2 Å². The lowest BCUT2D eigenvalue weighted by atomic mass is 9.84. The Bertz CT molecular complexity index is 152. The lowest BCUT2D eigenvalue weighted by Gasteiger charge is -2.29. The number of hydrogen-bond acceptors (Lipinski definition) is 3. The summed E-state index contributed by atoms with van der Waals surface area (Å²) < 4.78 is 0. The number of rotatable bonds is 5. The van der Waals surface area contributed by atoms with Crippen molar-refractivity contribution in [2.24, 2.45) is 5.92 Å². The maximum atomic E-state index is 9.20.